The van der Waals surface area contributed by atoms with Crippen LogP contribution in [0.5, 0.6) is 5.75 Å². The molecule has 2 rings (SSSR count). The van der Waals surface area contributed by atoms with Gasteiger partial charge in [-0.3, -0.25) is 4.90 Å². The van der Waals surface area contributed by atoms with E-state index in [2.05, 4.69) is 0 Å². The Hall–Kier alpha value is -1.47. The van der Waals surface area contributed by atoms with Crippen molar-refractivity contribution in [2.24, 2.45) is 0 Å². The van der Waals surface area contributed by atoms with Crippen molar-refractivity contribution < 1.29 is 23.0 Å². The zero-order valence-electron chi connectivity index (χ0n) is 11.5. The maximum Gasteiger partial charge on any atom is 0.401 e. The summed E-state index contributed by atoms with van der Waals surface area (Å²) in [5.74, 6) is 0.489. The highest BCUT2D eigenvalue weighted by atomic mass is 19.4. The fraction of sp³-hybridized carbons (Fsp3) is 0.571. The molecule has 0 bridgehead atoms. The average Bonchev–Trinajstić information content (AvgIpc) is 3.18. The minimum absolute atomic E-state index is 0.0491. The summed E-state index contributed by atoms with van der Waals surface area (Å²) in [7, 11) is 0. The van der Waals surface area contributed by atoms with Crippen molar-refractivity contribution in [2.45, 2.75) is 31.2 Å². The van der Waals surface area contributed by atoms with Crippen molar-refractivity contribution in [3.8, 4) is 5.75 Å². The molecule has 21 heavy (non-hydrogen) atoms. The Balaban J connectivity index is 1.80. The van der Waals surface area contributed by atoms with Crippen molar-refractivity contribution >= 4 is 5.69 Å². The van der Waals surface area contributed by atoms with Gasteiger partial charge in [-0.25, -0.2) is 0 Å². The summed E-state index contributed by atoms with van der Waals surface area (Å²) in [5.41, 5.74) is 6.11. The molecule has 0 aliphatic heterocycles. The van der Waals surface area contributed by atoms with Gasteiger partial charge in [0.25, 0.3) is 0 Å². The molecule has 0 amide bonds. The number of ether oxygens (including phenoxy) is 1. The number of nitrogen functional groups attached to an aromatic ring is 1. The lowest BCUT2D eigenvalue weighted by Crippen LogP contribution is -2.42. The number of halogens is 3. The molecule has 1 aliphatic carbocycles. The van der Waals surface area contributed by atoms with E-state index in [0.717, 1.165) is 12.8 Å². The van der Waals surface area contributed by atoms with Gasteiger partial charge in [-0.15, -0.1) is 0 Å². The summed E-state index contributed by atoms with van der Waals surface area (Å²) in [6.45, 7) is -1.11. The smallest absolute Gasteiger partial charge is 0.401 e. The minimum Gasteiger partial charge on any atom is -0.491 e. The number of aliphatic hydroxyl groups is 1. The van der Waals surface area contributed by atoms with Gasteiger partial charge in [-0.1, -0.05) is 6.07 Å². The summed E-state index contributed by atoms with van der Waals surface area (Å²) < 4.78 is 42.8. The van der Waals surface area contributed by atoms with E-state index in [9.17, 15) is 18.3 Å². The lowest BCUT2D eigenvalue weighted by Gasteiger charge is -2.25. The molecule has 1 atom stereocenters. The minimum atomic E-state index is -4.25. The highest BCUT2D eigenvalue weighted by Crippen LogP contribution is 2.30. The SMILES string of the molecule is Nc1cccc(OCC(O)CN(CC(F)(F)F)C2CC2)c1. The zero-order chi connectivity index (χ0) is 15.5. The van der Waals surface area contributed by atoms with Crippen molar-refractivity contribution in [2.75, 3.05) is 25.4 Å². The van der Waals surface area contributed by atoms with Gasteiger partial charge in [0.15, 0.2) is 0 Å². The molecule has 1 fully saturated rings. The van der Waals surface area contributed by atoms with Crippen LogP contribution < -0.4 is 10.5 Å². The standard InChI is InChI=1S/C14H19F3N2O2/c15-14(16,17)9-19(11-4-5-11)7-12(20)8-21-13-3-1-2-10(18)6-13/h1-3,6,11-12,20H,4-5,7-9,18H2. The van der Waals surface area contributed by atoms with Gasteiger partial charge in [0.1, 0.15) is 18.5 Å². The number of anilines is 1. The average molecular weight is 304 g/mol. The summed E-state index contributed by atoms with van der Waals surface area (Å²) in [6, 6.07) is 6.60. The number of rotatable bonds is 7. The second kappa shape index (κ2) is 6.53. The number of aliphatic hydroxyl groups excluding tert-OH is 1. The largest absolute Gasteiger partial charge is 0.491 e. The molecule has 3 N–H and O–H groups in total. The number of alkyl halides is 3. The Labute approximate surface area is 121 Å². The number of hydrogen-bond donors (Lipinski definition) is 2. The Bertz CT molecular complexity index is 464. The molecule has 0 radical (unpaired) electrons. The van der Waals surface area contributed by atoms with Gasteiger partial charge in [0, 0.05) is 24.3 Å². The number of nitrogens with zero attached hydrogens (tertiary/aromatic N) is 1. The van der Waals surface area contributed by atoms with E-state index in [4.69, 9.17) is 10.5 Å². The lowest BCUT2D eigenvalue weighted by atomic mass is 10.3. The Morgan fingerprint density at radius 3 is 2.67 bits per heavy atom. The Kier molecular flexibility index (Phi) is 4.95. The molecular weight excluding hydrogens is 285 g/mol. The molecular formula is C14H19F3N2O2. The Morgan fingerprint density at radius 1 is 1.38 bits per heavy atom. The topological polar surface area (TPSA) is 58.7 Å². The first-order valence-corrected chi connectivity index (χ1v) is 6.81. The molecule has 4 nitrogen and oxygen atoms in total. The number of nitrogens with two attached hydrogens (primary N) is 1. The molecule has 0 spiro atoms. The van der Waals surface area contributed by atoms with Gasteiger partial charge in [0.05, 0.1) is 6.54 Å². The molecule has 1 aromatic carbocycles. The van der Waals surface area contributed by atoms with Crippen LogP contribution in [0, 0.1) is 0 Å². The van der Waals surface area contributed by atoms with Crippen LogP contribution >= 0.6 is 0 Å². The quantitative estimate of drug-likeness (QED) is 0.757. The number of benzene rings is 1. The van der Waals surface area contributed by atoms with Gasteiger partial charge in [-0.2, -0.15) is 13.2 Å². The second-order valence-electron chi connectivity index (χ2n) is 5.31. The molecule has 1 unspecified atom stereocenters. The summed E-state index contributed by atoms with van der Waals surface area (Å²) >= 11 is 0. The first-order valence-electron chi connectivity index (χ1n) is 6.81. The molecule has 1 aromatic rings. The highest BCUT2D eigenvalue weighted by molar-refractivity contribution is 5.43. The van der Waals surface area contributed by atoms with Crippen molar-refractivity contribution in [3.05, 3.63) is 24.3 Å². The number of hydrogen-bond acceptors (Lipinski definition) is 4. The summed E-state index contributed by atoms with van der Waals surface area (Å²) in [4.78, 5) is 1.27. The first-order chi connectivity index (χ1) is 9.83. The van der Waals surface area contributed by atoms with Crippen LogP contribution in [0.4, 0.5) is 18.9 Å². The van der Waals surface area contributed by atoms with Gasteiger partial charge < -0.3 is 15.6 Å². The zero-order valence-corrected chi connectivity index (χ0v) is 11.5. The van der Waals surface area contributed by atoms with Crippen molar-refractivity contribution in [1.82, 2.24) is 4.90 Å². The summed E-state index contributed by atoms with van der Waals surface area (Å²) in [6.07, 6.45) is -3.73. The fourth-order valence-electron chi connectivity index (χ4n) is 2.13. The van der Waals surface area contributed by atoms with Crippen molar-refractivity contribution in [3.63, 3.8) is 0 Å². The predicted octanol–water partition coefficient (Wildman–Crippen LogP) is 2.04. The summed E-state index contributed by atoms with van der Waals surface area (Å²) in [5, 5.41) is 9.86. The van der Waals surface area contributed by atoms with E-state index in [0.29, 0.717) is 11.4 Å². The molecule has 0 heterocycles. The molecule has 1 saturated carbocycles. The maximum atomic E-state index is 12.5. The third-order valence-electron chi connectivity index (χ3n) is 3.19. The second-order valence-corrected chi connectivity index (χ2v) is 5.31. The molecule has 7 heteroatoms. The van der Waals surface area contributed by atoms with E-state index >= 15 is 0 Å². The highest BCUT2D eigenvalue weighted by Gasteiger charge is 2.38. The van der Waals surface area contributed by atoms with Crippen LogP contribution in [0.3, 0.4) is 0 Å². The van der Waals surface area contributed by atoms with E-state index in [1.54, 1.807) is 24.3 Å². The van der Waals surface area contributed by atoms with Crippen molar-refractivity contribution in [1.29, 1.82) is 0 Å². The third-order valence-corrected chi connectivity index (χ3v) is 3.19. The maximum absolute atomic E-state index is 12.5. The van der Waals surface area contributed by atoms with Crippen LogP contribution in [0.15, 0.2) is 24.3 Å². The van der Waals surface area contributed by atoms with Crippen LogP contribution in [0.2, 0.25) is 0 Å². The van der Waals surface area contributed by atoms with E-state index < -0.39 is 18.8 Å². The first kappa shape index (κ1) is 15.9. The normalized spacial score (nSPS) is 17.0. The molecule has 1 aliphatic rings. The third kappa shape index (κ3) is 5.81. The van der Waals surface area contributed by atoms with Gasteiger partial charge in [-0.05, 0) is 25.0 Å². The van der Waals surface area contributed by atoms with Crippen LogP contribution in [0.25, 0.3) is 0 Å². The van der Waals surface area contributed by atoms with E-state index in [1.165, 1.54) is 4.90 Å². The predicted molar refractivity (Wildman–Crippen MR) is 73.0 cm³/mol. The van der Waals surface area contributed by atoms with Crippen LogP contribution in [-0.2, 0) is 0 Å². The van der Waals surface area contributed by atoms with Gasteiger partial charge in [0.2, 0.25) is 0 Å². The van der Waals surface area contributed by atoms with Crippen LogP contribution in [-0.4, -0.2) is 48.0 Å². The monoisotopic (exact) mass is 304 g/mol. The molecule has 0 aromatic heterocycles. The Morgan fingerprint density at radius 2 is 2.10 bits per heavy atom. The van der Waals surface area contributed by atoms with E-state index in [-0.39, 0.29) is 19.2 Å². The molecule has 118 valence electrons. The van der Waals surface area contributed by atoms with Crippen LogP contribution in [0.1, 0.15) is 12.8 Å². The lowest BCUT2D eigenvalue weighted by molar-refractivity contribution is -0.150. The fourth-order valence-corrected chi connectivity index (χ4v) is 2.13. The van der Waals surface area contributed by atoms with Gasteiger partial charge >= 0.3 is 6.18 Å². The molecule has 0 saturated heterocycles. The van der Waals surface area contributed by atoms with E-state index in [1.807, 2.05) is 0 Å².